The third kappa shape index (κ3) is 3.43. The number of ether oxygens (including phenoxy) is 1. The number of amides is 2. The summed E-state index contributed by atoms with van der Waals surface area (Å²) in [6, 6.07) is 15.5. The molecule has 1 aliphatic heterocycles. The number of piperazine rings is 1. The van der Waals surface area contributed by atoms with Crippen molar-refractivity contribution in [1.29, 1.82) is 0 Å². The molecule has 1 aliphatic rings. The zero-order chi connectivity index (χ0) is 19.5. The quantitative estimate of drug-likeness (QED) is 0.703. The molecule has 7 nitrogen and oxygen atoms in total. The highest BCUT2D eigenvalue weighted by Gasteiger charge is 2.25. The molecule has 0 atom stereocenters. The SMILES string of the molecule is CCOC(=O)N1CCN(C(=O)c2ccc(-n3cnc4ccccc43)cc2)CC1. The standard InChI is InChI=1S/C21H22N4O3/c1-2-28-21(27)24-13-11-23(12-14-24)20(26)16-7-9-17(10-8-16)25-15-22-18-5-3-4-6-19(18)25/h3-10,15H,2,11-14H2,1H3. The molecule has 28 heavy (non-hydrogen) atoms. The lowest BCUT2D eigenvalue weighted by Crippen LogP contribution is -2.50. The zero-order valence-corrected chi connectivity index (χ0v) is 15.7. The van der Waals surface area contributed by atoms with E-state index >= 15 is 0 Å². The summed E-state index contributed by atoms with van der Waals surface area (Å²) in [5, 5.41) is 0. The van der Waals surface area contributed by atoms with Crippen LogP contribution in [0.4, 0.5) is 4.79 Å². The van der Waals surface area contributed by atoms with Crippen molar-refractivity contribution >= 4 is 23.0 Å². The van der Waals surface area contributed by atoms with Gasteiger partial charge < -0.3 is 14.5 Å². The lowest BCUT2D eigenvalue weighted by molar-refractivity contribution is 0.0570. The molecule has 1 fully saturated rings. The van der Waals surface area contributed by atoms with Gasteiger partial charge in [-0.3, -0.25) is 9.36 Å². The molecule has 0 aliphatic carbocycles. The molecule has 0 radical (unpaired) electrons. The highest BCUT2D eigenvalue weighted by molar-refractivity contribution is 5.94. The first-order valence-electron chi connectivity index (χ1n) is 9.41. The third-order valence-corrected chi connectivity index (χ3v) is 4.94. The fraction of sp³-hybridized carbons (Fsp3) is 0.286. The first kappa shape index (κ1) is 18.0. The van der Waals surface area contributed by atoms with Crippen LogP contribution >= 0.6 is 0 Å². The second-order valence-corrected chi connectivity index (χ2v) is 6.63. The van der Waals surface area contributed by atoms with Crippen LogP contribution in [0.3, 0.4) is 0 Å². The van der Waals surface area contributed by atoms with Crippen molar-refractivity contribution in [2.75, 3.05) is 32.8 Å². The van der Waals surface area contributed by atoms with Crippen molar-refractivity contribution in [2.24, 2.45) is 0 Å². The average Bonchev–Trinajstić information content (AvgIpc) is 3.18. The molecule has 0 N–H and O–H groups in total. The van der Waals surface area contributed by atoms with Gasteiger partial charge in [-0.2, -0.15) is 0 Å². The minimum atomic E-state index is -0.313. The van der Waals surface area contributed by atoms with Crippen LogP contribution in [0.5, 0.6) is 0 Å². The summed E-state index contributed by atoms with van der Waals surface area (Å²) in [7, 11) is 0. The van der Waals surface area contributed by atoms with E-state index in [4.69, 9.17) is 4.74 Å². The number of para-hydroxylation sites is 2. The second-order valence-electron chi connectivity index (χ2n) is 6.63. The van der Waals surface area contributed by atoms with E-state index in [1.54, 1.807) is 23.1 Å². The summed E-state index contributed by atoms with van der Waals surface area (Å²) < 4.78 is 7.02. The number of hydrogen-bond donors (Lipinski definition) is 0. The number of nitrogens with zero attached hydrogens (tertiary/aromatic N) is 4. The maximum atomic E-state index is 12.8. The van der Waals surface area contributed by atoms with Gasteiger partial charge in [0.05, 0.1) is 17.6 Å². The third-order valence-electron chi connectivity index (χ3n) is 4.94. The molecule has 0 spiro atoms. The van der Waals surface area contributed by atoms with E-state index in [-0.39, 0.29) is 12.0 Å². The first-order chi connectivity index (χ1) is 13.7. The fourth-order valence-electron chi connectivity index (χ4n) is 3.42. The van der Waals surface area contributed by atoms with Crippen molar-refractivity contribution in [2.45, 2.75) is 6.92 Å². The molecular weight excluding hydrogens is 356 g/mol. The number of imidazole rings is 1. The van der Waals surface area contributed by atoms with Gasteiger partial charge in [0.15, 0.2) is 0 Å². The Labute approximate surface area is 163 Å². The highest BCUT2D eigenvalue weighted by atomic mass is 16.6. The topological polar surface area (TPSA) is 67.7 Å². The monoisotopic (exact) mass is 378 g/mol. The summed E-state index contributed by atoms with van der Waals surface area (Å²) in [4.78, 5) is 32.4. The van der Waals surface area contributed by atoms with Crippen molar-refractivity contribution < 1.29 is 14.3 Å². The van der Waals surface area contributed by atoms with Gasteiger partial charge >= 0.3 is 6.09 Å². The summed E-state index contributed by atoms with van der Waals surface area (Å²) in [5.41, 5.74) is 3.55. The number of aromatic nitrogens is 2. The van der Waals surface area contributed by atoms with Gasteiger partial charge in [-0.15, -0.1) is 0 Å². The predicted octanol–water partition coefficient (Wildman–Crippen LogP) is 2.94. The van der Waals surface area contributed by atoms with E-state index in [1.807, 2.05) is 53.1 Å². The van der Waals surface area contributed by atoms with Crippen LogP contribution in [0.1, 0.15) is 17.3 Å². The van der Waals surface area contributed by atoms with E-state index in [1.165, 1.54) is 0 Å². The van der Waals surface area contributed by atoms with E-state index in [0.29, 0.717) is 38.3 Å². The molecule has 144 valence electrons. The summed E-state index contributed by atoms with van der Waals surface area (Å²) in [6.45, 7) is 4.13. The van der Waals surface area contributed by atoms with Crippen molar-refractivity contribution in [3.63, 3.8) is 0 Å². The molecule has 1 aromatic heterocycles. The summed E-state index contributed by atoms with van der Waals surface area (Å²) in [5.74, 6) is -0.0226. The van der Waals surface area contributed by atoms with Gasteiger partial charge in [0, 0.05) is 37.4 Å². The number of fused-ring (bicyclic) bond motifs is 1. The largest absolute Gasteiger partial charge is 0.450 e. The number of hydrogen-bond acceptors (Lipinski definition) is 4. The Morgan fingerprint density at radius 3 is 2.36 bits per heavy atom. The molecule has 0 unspecified atom stereocenters. The molecule has 1 saturated heterocycles. The van der Waals surface area contributed by atoms with E-state index < -0.39 is 0 Å². The number of benzene rings is 2. The van der Waals surface area contributed by atoms with Crippen molar-refractivity contribution in [3.05, 3.63) is 60.4 Å². The second kappa shape index (κ2) is 7.72. The van der Waals surface area contributed by atoms with Gasteiger partial charge in [0.25, 0.3) is 5.91 Å². The van der Waals surface area contributed by atoms with Gasteiger partial charge in [0.2, 0.25) is 0 Å². The van der Waals surface area contributed by atoms with Crippen LogP contribution in [0, 0.1) is 0 Å². The molecule has 4 rings (SSSR count). The minimum absolute atomic E-state index is 0.0226. The van der Waals surface area contributed by atoms with Gasteiger partial charge in [-0.25, -0.2) is 9.78 Å². The maximum Gasteiger partial charge on any atom is 0.409 e. The van der Waals surface area contributed by atoms with Gasteiger partial charge in [-0.05, 0) is 43.3 Å². The lowest BCUT2D eigenvalue weighted by Gasteiger charge is -2.34. The summed E-state index contributed by atoms with van der Waals surface area (Å²) in [6.07, 6.45) is 1.47. The molecule has 0 saturated carbocycles. The average molecular weight is 378 g/mol. The smallest absolute Gasteiger partial charge is 0.409 e. The Hall–Kier alpha value is -3.35. The number of carbonyl (C=O) groups excluding carboxylic acids is 2. The van der Waals surface area contributed by atoms with Crippen LogP contribution < -0.4 is 0 Å². The zero-order valence-electron chi connectivity index (χ0n) is 15.7. The van der Waals surface area contributed by atoms with Crippen LogP contribution in [0.2, 0.25) is 0 Å². The van der Waals surface area contributed by atoms with Gasteiger partial charge in [0.1, 0.15) is 6.33 Å². The van der Waals surface area contributed by atoms with E-state index in [2.05, 4.69) is 4.98 Å². The molecule has 2 aromatic carbocycles. The Bertz CT molecular complexity index is 988. The molecule has 0 bridgehead atoms. The Kier molecular flexibility index (Phi) is 4.97. The van der Waals surface area contributed by atoms with Crippen LogP contribution in [-0.2, 0) is 4.74 Å². The maximum absolute atomic E-state index is 12.8. The Morgan fingerprint density at radius 2 is 1.64 bits per heavy atom. The molecule has 2 amide bonds. The normalized spacial score (nSPS) is 14.3. The Balaban J connectivity index is 1.44. The lowest BCUT2D eigenvalue weighted by atomic mass is 10.1. The summed E-state index contributed by atoms with van der Waals surface area (Å²) >= 11 is 0. The fourth-order valence-corrected chi connectivity index (χ4v) is 3.42. The Morgan fingerprint density at radius 1 is 0.964 bits per heavy atom. The van der Waals surface area contributed by atoms with Crippen LogP contribution in [0.25, 0.3) is 16.7 Å². The number of rotatable bonds is 3. The molecule has 2 heterocycles. The van der Waals surface area contributed by atoms with Crippen LogP contribution in [0.15, 0.2) is 54.9 Å². The molecular formula is C21H22N4O3. The van der Waals surface area contributed by atoms with Crippen molar-refractivity contribution in [1.82, 2.24) is 19.4 Å². The minimum Gasteiger partial charge on any atom is -0.450 e. The van der Waals surface area contributed by atoms with Crippen LogP contribution in [-0.4, -0.2) is 64.1 Å². The van der Waals surface area contributed by atoms with Gasteiger partial charge in [-0.1, -0.05) is 12.1 Å². The number of carbonyl (C=O) groups is 2. The van der Waals surface area contributed by atoms with E-state index in [9.17, 15) is 9.59 Å². The van der Waals surface area contributed by atoms with E-state index in [0.717, 1.165) is 16.7 Å². The highest BCUT2D eigenvalue weighted by Crippen LogP contribution is 2.19. The first-order valence-corrected chi connectivity index (χ1v) is 9.41. The molecule has 7 heteroatoms. The van der Waals surface area contributed by atoms with Crippen molar-refractivity contribution in [3.8, 4) is 5.69 Å². The predicted molar refractivity (Wildman–Crippen MR) is 106 cm³/mol. The molecule has 3 aromatic rings.